The number of nitrogens with zero attached hydrogens (tertiary/aromatic N) is 1. The normalized spacial score (nSPS) is 15.9. The molecule has 92 valence electrons. The van der Waals surface area contributed by atoms with Crippen LogP contribution in [0.2, 0.25) is 0 Å². The Hall–Kier alpha value is -0.670. The third-order valence-electron chi connectivity index (χ3n) is 3.54. The molecule has 0 unspecified atom stereocenters. The monoisotopic (exact) mass is 295 g/mol. The maximum absolute atomic E-state index is 12.0. The van der Waals surface area contributed by atoms with Crippen molar-refractivity contribution in [3.8, 4) is 0 Å². The SMILES string of the molecule is CN(CCC(=O)c1cccc(Br)c1)C1CCC1. The highest BCUT2D eigenvalue weighted by molar-refractivity contribution is 9.10. The Balaban J connectivity index is 1.84. The Kier molecular flexibility index (Phi) is 4.35. The number of carbonyl (C=O) groups is 1. The average Bonchev–Trinajstić information content (AvgIpc) is 2.23. The van der Waals surface area contributed by atoms with E-state index in [0.29, 0.717) is 12.5 Å². The van der Waals surface area contributed by atoms with Crippen LogP contribution in [0.3, 0.4) is 0 Å². The van der Waals surface area contributed by atoms with Gasteiger partial charge in [-0.25, -0.2) is 0 Å². The van der Waals surface area contributed by atoms with Crippen molar-refractivity contribution in [3.63, 3.8) is 0 Å². The van der Waals surface area contributed by atoms with E-state index in [0.717, 1.165) is 16.6 Å². The summed E-state index contributed by atoms with van der Waals surface area (Å²) in [6.45, 7) is 0.871. The number of carbonyl (C=O) groups excluding carboxylic acids is 1. The van der Waals surface area contributed by atoms with Gasteiger partial charge in [0, 0.05) is 29.0 Å². The smallest absolute Gasteiger partial charge is 0.164 e. The minimum Gasteiger partial charge on any atom is -0.303 e. The van der Waals surface area contributed by atoms with Crippen molar-refractivity contribution in [2.45, 2.75) is 31.7 Å². The molecule has 0 aromatic heterocycles. The summed E-state index contributed by atoms with van der Waals surface area (Å²) in [6.07, 6.45) is 4.54. The van der Waals surface area contributed by atoms with Crippen LogP contribution in [0.5, 0.6) is 0 Å². The number of Topliss-reactive ketones (excluding diaryl/α,β-unsaturated/α-hetero) is 1. The van der Waals surface area contributed by atoms with Gasteiger partial charge in [-0.2, -0.15) is 0 Å². The van der Waals surface area contributed by atoms with Crippen LogP contribution in [0.1, 0.15) is 36.0 Å². The fourth-order valence-electron chi connectivity index (χ4n) is 2.09. The first-order valence-corrected chi connectivity index (χ1v) is 6.95. The van der Waals surface area contributed by atoms with Gasteiger partial charge in [0.15, 0.2) is 5.78 Å². The first-order valence-electron chi connectivity index (χ1n) is 6.16. The largest absolute Gasteiger partial charge is 0.303 e. The molecular formula is C14H18BrNO. The molecular weight excluding hydrogens is 278 g/mol. The van der Waals surface area contributed by atoms with Crippen LogP contribution in [0.4, 0.5) is 0 Å². The summed E-state index contributed by atoms with van der Waals surface area (Å²) >= 11 is 3.39. The summed E-state index contributed by atoms with van der Waals surface area (Å²) in [4.78, 5) is 14.3. The van der Waals surface area contributed by atoms with E-state index in [-0.39, 0.29) is 5.78 Å². The first-order chi connectivity index (χ1) is 8.16. The van der Waals surface area contributed by atoms with Crippen LogP contribution in [-0.4, -0.2) is 30.3 Å². The number of rotatable bonds is 5. The van der Waals surface area contributed by atoms with E-state index >= 15 is 0 Å². The summed E-state index contributed by atoms with van der Waals surface area (Å²) in [7, 11) is 2.12. The van der Waals surface area contributed by atoms with Crippen LogP contribution in [0.15, 0.2) is 28.7 Å². The molecule has 0 saturated heterocycles. The molecule has 0 amide bonds. The van der Waals surface area contributed by atoms with Gasteiger partial charge in [0.05, 0.1) is 0 Å². The lowest BCUT2D eigenvalue weighted by molar-refractivity contribution is 0.0939. The molecule has 0 radical (unpaired) electrons. The lowest BCUT2D eigenvalue weighted by Crippen LogP contribution is -2.38. The maximum atomic E-state index is 12.0. The van der Waals surface area contributed by atoms with Gasteiger partial charge >= 0.3 is 0 Å². The Morgan fingerprint density at radius 3 is 2.82 bits per heavy atom. The summed E-state index contributed by atoms with van der Waals surface area (Å²) in [5.41, 5.74) is 0.807. The van der Waals surface area contributed by atoms with E-state index in [4.69, 9.17) is 0 Å². The zero-order chi connectivity index (χ0) is 12.3. The van der Waals surface area contributed by atoms with Gasteiger partial charge in [-0.05, 0) is 32.0 Å². The van der Waals surface area contributed by atoms with Crippen molar-refractivity contribution in [1.29, 1.82) is 0 Å². The van der Waals surface area contributed by atoms with Crippen LogP contribution in [0, 0.1) is 0 Å². The van der Waals surface area contributed by atoms with Gasteiger partial charge in [-0.15, -0.1) is 0 Å². The fourth-order valence-corrected chi connectivity index (χ4v) is 2.49. The molecule has 0 bridgehead atoms. The quantitative estimate of drug-likeness (QED) is 0.775. The summed E-state index contributed by atoms with van der Waals surface area (Å²) < 4.78 is 0.968. The van der Waals surface area contributed by atoms with Crippen molar-refractivity contribution >= 4 is 21.7 Å². The molecule has 0 aliphatic heterocycles. The molecule has 0 heterocycles. The van der Waals surface area contributed by atoms with E-state index in [9.17, 15) is 4.79 Å². The van der Waals surface area contributed by atoms with Crippen LogP contribution >= 0.6 is 15.9 Å². The molecule has 1 aromatic rings. The lowest BCUT2D eigenvalue weighted by atomic mass is 9.91. The van der Waals surface area contributed by atoms with E-state index in [1.807, 2.05) is 24.3 Å². The zero-order valence-corrected chi connectivity index (χ0v) is 11.7. The number of hydrogen-bond donors (Lipinski definition) is 0. The Morgan fingerprint density at radius 1 is 1.47 bits per heavy atom. The average molecular weight is 296 g/mol. The Labute approximate surface area is 111 Å². The molecule has 1 aliphatic rings. The number of halogens is 1. The third kappa shape index (κ3) is 3.39. The second kappa shape index (κ2) is 5.78. The van der Waals surface area contributed by atoms with Gasteiger partial charge in [0.2, 0.25) is 0 Å². The second-order valence-electron chi connectivity index (χ2n) is 4.75. The van der Waals surface area contributed by atoms with Crippen molar-refractivity contribution in [2.24, 2.45) is 0 Å². The predicted octanol–water partition coefficient (Wildman–Crippen LogP) is 3.51. The molecule has 2 nitrogen and oxygen atoms in total. The summed E-state index contributed by atoms with van der Waals surface area (Å²) in [5.74, 6) is 0.234. The van der Waals surface area contributed by atoms with Crippen LogP contribution in [0.25, 0.3) is 0 Å². The highest BCUT2D eigenvalue weighted by Gasteiger charge is 2.22. The molecule has 0 N–H and O–H groups in total. The van der Waals surface area contributed by atoms with E-state index in [1.165, 1.54) is 19.3 Å². The number of ketones is 1. The van der Waals surface area contributed by atoms with Crippen LogP contribution < -0.4 is 0 Å². The van der Waals surface area contributed by atoms with Gasteiger partial charge in [-0.3, -0.25) is 4.79 Å². The third-order valence-corrected chi connectivity index (χ3v) is 4.03. The van der Waals surface area contributed by atoms with E-state index in [1.54, 1.807) is 0 Å². The molecule has 0 spiro atoms. The fraction of sp³-hybridized carbons (Fsp3) is 0.500. The lowest BCUT2D eigenvalue weighted by Gasteiger charge is -2.34. The minimum atomic E-state index is 0.234. The Morgan fingerprint density at radius 2 is 2.24 bits per heavy atom. The molecule has 1 saturated carbocycles. The van der Waals surface area contributed by atoms with Crippen molar-refractivity contribution in [2.75, 3.05) is 13.6 Å². The maximum Gasteiger partial charge on any atom is 0.164 e. The summed E-state index contributed by atoms with van der Waals surface area (Å²) in [5, 5.41) is 0. The first kappa shape index (κ1) is 12.8. The molecule has 0 atom stereocenters. The predicted molar refractivity (Wildman–Crippen MR) is 73.4 cm³/mol. The van der Waals surface area contributed by atoms with Crippen molar-refractivity contribution in [1.82, 2.24) is 4.90 Å². The molecule has 1 fully saturated rings. The second-order valence-corrected chi connectivity index (χ2v) is 5.66. The zero-order valence-electron chi connectivity index (χ0n) is 10.2. The van der Waals surface area contributed by atoms with Gasteiger partial charge in [0.25, 0.3) is 0 Å². The van der Waals surface area contributed by atoms with Gasteiger partial charge in [0.1, 0.15) is 0 Å². The molecule has 1 aliphatic carbocycles. The van der Waals surface area contributed by atoms with Crippen molar-refractivity contribution in [3.05, 3.63) is 34.3 Å². The topological polar surface area (TPSA) is 20.3 Å². The number of benzene rings is 1. The van der Waals surface area contributed by atoms with Gasteiger partial charge in [-0.1, -0.05) is 34.5 Å². The van der Waals surface area contributed by atoms with Crippen LogP contribution in [-0.2, 0) is 0 Å². The highest BCUT2D eigenvalue weighted by Crippen LogP contribution is 2.23. The summed E-state index contributed by atoms with van der Waals surface area (Å²) in [6, 6.07) is 8.34. The van der Waals surface area contributed by atoms with Crippen molar-refractivity contribution < 1.29 is 4.79 Å². The minimum absolute atomic E-state index is 0.234. The Bertz CT molecular complexity index is 401. The number of hydrogen-bond acceptors (Lipinski definition) is 2. The highest BCUT2D eigenvalue weighted by atomic mass is 79.9. The molecule has 1 aromatic carbocycles. The van der Waals surface area contributed by atoms with E-state index < -0.39 is 0 Å². The van der Waals surface area contributed by atoms with E-state index in [2.05, 4.69) is 27.9 Å². The molecule has 17 heavy (non-hydrogen) atoms. The molecule has 2 rings (SSSR count). The standard InChI is InChI=1S/C14H18BrNO/c1-16(13-6-3-7-13)9-8-14(17)11-4-2-5-12(15)10-11/h2,4-5,10,13H,3,6-9H2,1H3. The van der Waals surface area contributed by atoms with Gasteiger partial charge < -0.3 is 4.90 Å². The molecule has 3 heteroatoms.